The molecule has 6 heteroatoms. The Morgan fingerprint density at radius 2 is 0.841 bits per heavy atom. The molecule has 0 saturated carbocycles. The summed E-state index contributed by atoms with van der Waals surface area (Å²) >= 11 is 0. The minimum Gasteiger partial charge on any atom is -0.309 e. The van der Waals surface area contributed by atoms with E-state index in [0.717, 1.165) is 73.5 Å². The van der Waals surface area contributed by atoms with Gasteiger partial charge in [0.05, 0.1) is 44.5 Å². The van der Waals surface area contributed by atoms with E-state index >= 15 is 0 Å². The standard InChI is InChI=1S/C57H38N6/c1-3-19-37(20-4-1)55-58-56(38-21-5-2-6-22-38)60-57(59-55)46-35-39(61-47-29-13-7-23-40(47)41-24-8-14-30-48(41)61)36-53(62-49-31-15-9-25-42(49)43-26-10-16-32-50(43)62)54(46)63-51-33-17-11-27-44(51)45-28-12-18-34-52(45)63/h1-21,23-36,38H,22H2. The smallest absolute Gasteiger partial charge is 0.166 e. The Morgan fingerprint density at radius 1 is 0.397 bits per heavy atom. The van der Waals surface area contributed by atoms with Gasteiger partial charge in [0.2, 0.25) is 0 Å². The fourth-order valence-corrected chi connectivity index (χ4v) is 10.0. The normalized spacial score (nSPS) is 14.0. The van der Waals surface area contributed by atoms with Crippen molar-refractivity contribution in [2.75, 3.05) is 0 Å². The van der Waals surface area contributed by atoms with Gasteiger partial charge in [-0.25, -0.2) is 15.0 Å². The third kappa shape index (κ3) is 5.48. The van der Waals surface area contributed by atoms with Crippen molar-refractivity contribution >= 4 is 65.4 Å². The van der Waals surface area contributed by atoms with Crippen LogP contribution in [0.3, 0.4) is 0 Å². The number of fused-ring (bicyclic) bond motifs is 9. The second-order valence-corrected chi connectivity index (χ2v) is 16.3. The van der Waals surface area contributed by atoms with Crippen molar-refractivity contribution < 1.29 is 0 Å². The maximum absolute atomic E-state index is 5.54. The molecule has 0 bridgehead atoms. The lowest BCUT2D eigenvalue weighted by Gasteiger charge is -2.23. The molecule has 0 saturated heterocycles. The Balaban J connectivity index is 1.26. The highest BCUT2D eigenvalue weighted by atomic mass is 15.1. The molecule has 0 spiro atoms. The van der Waals surface area contributed by atoms with Gasteiger partial charge in [0.15, 0.2) is 11.6 Å². The molecule has 4 heterocycles. The highest BCUT2D eigenvalue weighted by Crippen LogP contribution is 2.44. The number of nitrogens with zero attached hydrogens (tertiary/aromatic N) is 6. The Kier molecular flexibility index (Phi) is 7.93. The first kappa shape index (κ1) is 35.4. The van der Waals surface area contributed by atoms with Crippen LogP contribution in [0, 0.1) is 0 Å². The van der Waals surface area contributed by atoms with Crippen LogP contribution in [0.25, 0.3) is 105 Å². The lowest BCUT2D eigenvalue weighted by molar-refractivity contribution is 0.764. The van der Waals surface area contributed by atoms with Gasteiger partial charge in [0.25, 0.3) is 0 Å². The van der Waals surface area contributed by atoms with Gasteiger partial charge in [-0.2, -0.15) is 0 Å². The van der Waals surface area contributed by atoms with E-state index < -0.39 is 0 Å². The van der Waals surface area contributed by atoms with Crippen LogP contribution in [-0.4, -0.2) is 28.7 Å². The van der Waals surface area contributed by atoms with E-state index in [1.807, 2.05) is 6.07 Å². The predicted octanol–water partition coefficient (Wildman–Crippen LogP) is 14.1. The van der Waals surface area contributed by atoms with Crippen molar-refractivity contribution in [3.63, 3.8) is 0 Å². The predicted molar refractivity (Wildman–Crippen MR) is 259 cm³/mol. The molecule has 0 fully saturated rings. The van der Waals surface area contributed by atoms with Crippen molar-refractivity contribution in [3.8, 4) is 39.8 Å². The van der Waals surface area contributed by atoms with Gasteiger partial charge in [-0.05, 0) is 55.0 Å². The van der Waals surface area contributed by atoms with Crippen molar-refractivity contribution in [2.24, 2.45) is 0 Å². The summed E-state index contributed by atoms with van der Waals surface area (Å²) in [6.45, 7) is 0. The summed E-state index contributed by atoms with van der Waals surface area (Å²) in [5, 5.41) is 7.14. The van der Waals surface area contributed by atoms with Crippen LogP contribution in [-0.2, 0) is 0 Å². The Hall–Kier alpha value is -8.35. The molecule has 13 rings (SSSR count). The van der Waals surface area contributed by atoms with Crippen LogP contribution < -0.4 is 0 Å². The molecule has 1 aliphatic carbocycles. The number of rotatable bonds is 6. The van der Waals surface area contributed by atoms with Gasteiger partial charge in [0.1, 0.15) is 5.82 Å². The molecule has 1 atom stereocenters. The molecule has 296 valence electrons. The van der Waals surface area contributed by atoms with E-state index in [4.69, 9.17) is 15.0 Å². The fraction of sp³-hybridized carbons (Fsp3) is 0.0351. The van der Waals surface area contributed by atoms with Crippen molar-refractivity contribution in [1.82, 2.24) is 28.7 Å². The summed E-state index contributed by atoms with van der Waals surface area (Å²) in [6, 6.07) is 67.5. The van der Waals surface area contributed by atoms with Gasteiger partial charge in [-0.3, -0.25) is 0 Å². The molecule has 0 radical (unpaired) electrons. The molecule has 6 nitrogen and oxygen atoms in total. The molecule has 12 aromatic rings. The Bertz CT molecular complexity index is 3680. The molecular weight excluding hydrogens is 769 g/mol. The molecular formula is C57H38N6. The van der Waals surface area contributed by atoms with E-state index in [9.17, 15) is 0 Å². The Morgan fingerprint density at radius 3 is 1.33 bits per heavy atom. The summed E-state index contributed by atoms with van der Waals surface area (Å²) in [5.74, 6) is 2.00. The first-order chi connectivity index (χ1) is 31.3. The average molecular weight is 807 g/mol. The quantitative estimate of drug-likeness (QED) is 0.168. The van der Waals surface area contributed by atoms with Gasteiger partial charge in [-0.1, -0.05) is 164 Å². The van der Waals surface area contributed by atoms with Crippen LogP contribution in [0.15, 0.2) is 212 Å². The minimum absolute atomic E-state index is 0.00627. The number of allylic oxidation sites excluding steroid dienone is 4. The lowest BCUT2D eigenvalue weighted by atomic mass is 9.99. The number of aromatic nitrogens is 6. The zero-order valence-corrected chi connectivity index (χ0v) is 34.2. The second kappa shape index (κ2) is 14.1. The highest BCUT2D eigenvalue weighted by Gasteiger charge is 2.27. The zero-order valence-electron chi connectivity index (χ0n) is 34.2. The van der Waals surface area contributed by atoms with E-state index in [1.54, 1.807) is 0 Å². The third-order valence-corrected chi connectivity index (χ3v) is 12.8. The fourth-order valence-electron chi connectivity index (χ4n) is 10.0. The van der Waals surface area contributed by atoms with E-state index in [-0.39, 0.29) is 5.92 Å². The highest BCUT2D eigenvalue weighted by molar-refractivity contribution is 6.13. The summed E-state index contributed by atoms with van der Waals surface area (Å²) in [7, 11) is 0. The number of hydrogen-bond donors (Lipinski definition) is 0. The summed E-state index contributed by atoms with van der Waals surface area (Å²) < 4.78 is 7.32. The largest absolute Gasteiger partial charge is 0.309 e. The second-order valence-electron chi connectivity index (χ2n) is 16.3. The monoisotopic (exact) mass is 806 g/mol. The molecule has 0 aliphatic heterocycles. The average Bonchev–Trinajstić information content (AvgIpc) is 4.00. The molecule has 0 N–H and O–H groups in total. The van der Waals surface area contributed by atoms with Crippen LogP contribution in [0.1, 0.15) is 18.2 Å². The van der Waals surface area contributed by atoms with Gasteiger partial charge >= 0.3 is 0 Å². The molecule has 63 heavy (non-hydrogen) atoms. The SMILES string of the molecule is C1=CCC(c2nc(-c3ccccc3)nc(-c3cc(-n4c5ccccc5c5ccccc54)cc(-n4c5ccccc5c5ccccc54)c3-n3c4ccccc4c4ccccc43)n2)C=C1. The zero-order chi connectivity index (χ0) is 41.4. The first-order valence-corrected chi connectivity index (χ1v) is 21.6. The number of benzene rings is 8. The number of para-hydroxylation sites is 6. The molecule has 1 unspecified atom stereocenters. The van der Waals surface area contributed by atoms with E-state index in [1.165, 1.54) is 32.3 Å². The van der Waals surface area contributed by atoms with Crippen LogP contribution in [0.5, 0.6) is 0 Å². The van der Waals surface area contributed by atoms with Gasteiger partial charge < -0.3 is 13.7 Å². The molecule has 8 aromatic carbocycles. The maximum Gasteiger partial charge on any atom is 0.166 e. The maximum atomic E-state index is 5.54. The third-order valence-electron chi connectivity index (χ3n) is 12.8. The first-order valence-electron chi connectivity index (χ1n) is 21.6. The van der Waals surface area contributed by atoms with Crippen LogP contribution in [0.2, 0.25) is 0 Å². The van der Waals surface area contributed by atoms with Crippen molar-refractivity contribution in [3.05, 3.63) is 218 Å². The summed E-state index contributed by atoms with van der Waals surface area (Å²) in [5.41, 5.74) is 11.5. The summed E-state index contributed by atoms with van der Waals surface area (Å²) in [4.78, 5) is 16.3. The molecule has 0 amide bonds. The van der Waals surface area contributed by atoms with E-state index in [2.05, 4.69) is 220 Å². The molecule has 1 aliphatic rings. The minimum atomic E-state index is -0.00627. The van der Waals surface area contributed by atoms with Crippen molar-refractivity contribution in [2.45, 2.75) is 12.3 Å². The van der Waals surface area contributed by atoms with Crippen LogP contribution >= 0.6 is 0 Å². The lowest BCUT2D eigenvalue weighted by Crippen LogP contribution is -2.12. The van der Waals surface area contributed by atoms with Crippen LogP contribution in [0.4, 0.5) is 0 Å². The van der Waals surface area contributed by atoms with E-state index in [0.29, 0.717) is 11.6 Å². The van der Waals surface area contributed by atoms with Gasteiger partial charge in [0, 0.05) is 55.0 Å². The Labute approximate surface area is 363 Å². The van der Waals surface area contributed by atoms with Gasteiger partial charge in [-0.15, -0.1) is 0 Å². The van der Waals surface area contributed by atoms with Crippen molar-refractivity contribution in [1.29, 1.82) is 0 Å². The summed E-state index contributed by atoms with van der Waals surface area (Å²) in [6.07, 6.45) is 9.42. The number of hydrogen-bond acceptors (Lipinski definition) is 3. The molecule has 4 aromatic heterocycles. The topological polar surface area (TPSA) is 53.5 Å².